The van der Waals surface area contributed by atoms with Crippen molar-refractivity contribution in [3.63, 3.8) is 0 Å². The van der Waals surface area contributed by atoms with Gasteiger partial charge >= 0.3 is 18.2 Å². The van der Waals surface area contributed by atoms with E-state index in [1.54, 1.807) is 41.5 Å². The number of aryl methyl sites for hydroxylation is 1. The Bertz CT molecular complexity index is 1650. The van der Waals surface area contributed by atoms with E-state index in [1.165, 1.54) is 24.3 Å². The van der Waals surface area contributed by atoms with Crippen molar-refractivity contribution in [1.29, 1.82) is 0 Å². The van der Waals surface area contributed by atoms with Gasteiger partial charge in [0.05, 0.1) is 6.10 Å². The number of hydrogen-bond acceptors (Lipinski definition) is 9. The van der Waals surface area contributed by atoms with Crippen molar-refractivity contribution >= 4 is 35.9 Å². The average Bonchev–Trinajstić information content (AvgIpc) is 3.12. The molecule has 58 heavy (non-hydrogen) atoms. The number of rotatable bonds is 21. The molecular weight excluding hydrogens is 746 g/mol. The minimum Gasteiger partial charge on any atom is -0.480 e. The van der Waals surface area contributed by atoms with Gasteiger partial charge in [0.15, 0.2) is 0 Å². The molecule has 0 unspecified atom stereocenters. The van der Waals surface area contributed by atoms with Crippen LogP contribution in [0.2, 0.25) is 0 Å². The van der Waals surface area contributed by atoms with Crippen molar-refractivity contribution in [2.24, 2.45) is 0 Å². The van der Waals surface area contributed by atoms with Crippen LogP contribution in [0, 0.1) is 0 Å². The van der Waals surface area contributed by atoms with E-state index in [0.717, 1.165) is 36.0 Å². The minimum absolute atomic E-state index is 0.0589. The molecule has 5 amide bonds. The van der Waals surface area contributed by atoms with E-state index in [4.69, 9.17) is 9.47 Å². The maximum atomic E-state index is 13.2. The van der Waals surface area contributed by atoms with Crippen LogP contribution < -0.4 is 21.3 Å². The van der Waals surface area contributed by atoms with E-state index >= 15 is 0 Å². The number of alkyl carbamates (subject to hydrolysis) is 1. The van der Waals surface area contributed by atoms with Crippen molar-refractivity contribution in [3.05, 3.63) is 59.7 Å². The number of carboxylic acids is 1. The first kappa shape index (κ1) is 49.0. The van der Waals surface area contributed by atoms with Crippen molar-refractivity contribution in [3.8, 4) is 11.1 Å². The number of carboxylic acid groups (broad SMARTS) is 1. The van der Waals surface area contributed by atoms with E-state index in [9.17, 15) is 39.0 Å². The number of aliphatic carboxylic acids is 1. The number of ether oxygens (including phenoxy) is 2. The third kappa shape index (κ3) is 18.8. The molecule has 0 saturated heterocycles. The average molecular weight is 812 g/mol. The zero-order chi connectivity index (χ0) is 43.6. The highest BCUT2D eigenvalue weighted by molar-refractivity contribution is 5.93. The van der Waals surface area contributed by atoms with Crippen LogP contribution in [-0.4, -0.2) is 99.5 Å². The summed E-state index contributed by atoms with van der Waals surface area (Å²) in [6, 6.07) is 12.3. The van der Waals surface area contributed by atoms with Crippen molar-refractivity contribution < 1.29 is 48.5 Å². The Morgan fingerprint density at radius 2 is 1.31 bits per heavy atom. The maximum absolute atomic E-state index is 13.2. The van der Waals surface area contributed by atoms with Gasteiger partial charge in [-0.15, -0.1) is 0 Å². The molecule has 0 radical (unpaired) electrons. The molecule has 0 aliphatic carbocycles. The van der Waals surface area contributed by atoms with Gasteiger partial charge in [-0.05, 0) is 110 Å². The Labute approximate surface area is 343 Å². The SMILES string of the molecule is CCCCc1ccc(-c2ccc(CN(CCC(=O)N[C@H](C(=O)N[C@@H](C)C(=O)N[C@@H](CCCCNC(=O)OC(C)(C)C)C(=O)O)[C@@H](C)O)C(=O)OC(C)(C)C)cc2)cc1. The van der Waals surface area contributed by atoms with Crippen molar-refractivity contribution in [2.45, 2.75) is 149 Å². The molecule has 2 rings (SSSR count). The first-order valence-corrected chi connectivity index (χ1v) is 20.0. The zero-order valence-corrected chi connectivity index (χ0v) is 35.6. The second-order valence-corrected chi connectivity index (χ2v) is 16.5. The highest BCUT2D eigenvalue weighted by Crippen LogP contribution is 2.22. The lowest BCUT2D eigenvalue weighted by Gasteiger charge is -2.28. The molecule has 2 aromatic rings. The summed E-state index contributed by atoms with van der Waals surface area (Å²) in [5, 5.41) is 29.9. The van der Waals surface area contributed by atoms with Gasteiger partial charge in [-0.2, -0.15) is 0 Å². The number of amides is 5. The quantitative estimate of drug-likeness (QED) is 0.0877. The Balaban J connectivity index is 1.99. The molecule has 0 aliphatic rings. The Morgan fingerprint density at radius 1 is 0.741 bits per heavy atom. The molecular formula is C43H65N5O10. The van der Waals surface area contributed by atoms with Crippen LogP contribution in [0.15, 0.2) is 48.5 Å². The first-order chi connectivity index (χ1) is 27.1. The molecule has 322 valence electrons. The Kier molecular flexibility index (Phi) is 19.7. The molecule has 0 bridgehead atoms. The summed E-state index contributed by atoms with van der Waals surface area (Å²) in [5.41, 5.74) is 2.74. The lowest BCUT2D eigenvalue weighted by Crippen LogP contribution is -2.57. The highest BCUT2D eigenvalue weighted by Gasteiger charge is 2.30. The second kappa shape index (κ2) is 23.3. The summed E-state index contributed by atoms with van der Waals surface area (Å²) in [6.07, 6.45) is 1.34. The number of nitrogens with zero attached hydrogens (tertiary/aromatic N) is 1. The predicted molar refractivity (Wildman–Crippen MR) is 221 cm³/mol. The van der Waals surface area contributed by atoms with Gasteiger partial charge in [-0.1, -0.05) is 61.9 Å². The number of unbranched alkanes of at least 4 members (excludes halogenated alkanes) is 2. The van der Waals surface area contributed by atoms with Crippen LogP contribution in [0.3, 0.4) is 0 Å². The summed E-state index contributed by atoms with van der Waals surface area (Å²) in [4.78, 5) is 77.5. The number of hydrogen-bond donors (Lipinski definition) is 6. The zero-order valence-electron chi connectivity index (χ0n) is 35.6. The number of carbonyl (C=O) groups excluding carboxylic acids is 5. The van der Waals surface area contributed by atoms with E-state index in [-0.39, 0.29) is 32.5 Å². The fourth-order valence-corrected chi connectivity index (χ4v) is 5.62. The van der Waals surface area contributed by atoms with Gasteiger partial charge in [0, 0.05) is 26.1 Å². The van der Waals surface area contributed by atoms with Crippen molar-refractivity contribution in [2.75, 3.05) is 13.1 Å². The fourth-order valence-electron chi connectivity index (χ4n) is 5.62. The minimum atomic E-state index is -1.46. The first-order valence-electron chi connectivity index (χ1n) is 20.0. The second-order valence-electron chi connectivity index (χ2n) is 16.5. The van der Waals surface area contributed by atoms with Gasteiger partial charge in [0.2, 0.25) is 17.7 Å². The lowest BCUT2D eigenvalue weighted by atomic mass is 10.0. The standard InChI is InChI=1S/C43H65N5O10/c1-10-11-14-30-16-20-32(21-17-30)33-22-18-31(19-23-33)27-48(41(56)58-43(7,8)9)26-24-35(50)47-36(29(3)49)38(52)45-28(2)37(51)46-34(39(53)54)15-12-13-25-44-40(55)57-42(4,5)6/h16-23,28-29,34,36,49H,10-15,24-27H2,1-9H3,(H,44,55)(H,45,52)(H,46,51)(H,47,50)(H,53,54)/t28-,29+,34-,36-/m0/s1. The predicted octanol–water partition coefficient (Wildman–Crippen LogP) is 5.46. The molecule has 6 N–H and O–H groups in total. The van der Waals surface area contributed by atoms with Crippen LogP contribution in [-0.2, 0) is 41.6 Å². The van der Waals surface area contributed by atoms with E-state index in [0.29, 0.717) is 12.8 Å². The summed E-state index contributed by atoms with van der Waals surface area (Å²) >= 11 is 0. The maximum Gasteiger partial charge on any atom is 0.410 e. The number of benzene rings is 2. The number of nitrogens with one attached hydrogen (secondary N) is 4. The van der Waals surface area contributed by atoms with Gasteiger partial charge in [0.25, 0.3) is 0 Å². The monoisotopic (exact) mass is 811 g/mol. The lowest BCUT2D eigenvalue weighted by molar-refractivity contribution is -0.142. The summed E-state index contributed by atoms with van der Waals surface area (Å²) in [5.74, 6) is -3.58. The normalized spacial score (nSPS) is 13.6. The third-order valence-corrected chi connectivity index (χ3v) is 8.73. The summed E-state index contributed by atoms with van der Waals surface area (Å²) in [6.45, 7) is 15.5. The third-order valence-electron chi connectivity index (χ3n) is 8.73. The van der Waals surface area contributed by atoms with Crippen molar-refractivity contribution in [1.82, 2.24) is 26.2 Å². The van der Waals surface area contributed by atoms with Gasteiger partial charge in [-0.25, -0.2) is 14.4 Å². The topological polar surface area (TPSA) is 213 Å². The smallest absolute Gasteiger partial charge is 0.410 e. The van der Waals surface area contributed by atoms with E-state index in [2.05, 4.69) is 52.5 Å². The molecule has 0 spiro atoms. The van der Waals surface area contributed by atoms with Crippen LogP contribution >= 0.6 is 0 Å². The number of aliphatic hydroxyl groups excluding tert-OH is 1. The van der Waals surface area contributed by atoms with Gasteiger partial charge < -0.3 is 45.9 Å². The van der Waals surface area contributed by atoms with Gasteiger partial charge in [0.1, 0.15) is 29.3 Å². The molecule has 15 nitrogen and oxygen atoms in total. The summed E-state index contributed by atoms with van der Waals surface area (Å²) in [7, 11) is 0. The molecule has 0 aliphatic heterocycles. The number of aliphatic hydroxyl groups is 1. The largest absolute Gasteiger partial charge is 0.480 e. The molecule has 0 saturated carbocycles. The molecule has 0 aromatic heterocycles. The van der Waals surface area contributed by atoms with Gasteiger partial charge in [-0.3, -0.25) is 14.4 Å². The fraction of sp³-hybridized carbons (Fsp3) is 0.581. The summed E-state index contributed by atoms with van der Waals surface area (Å²) < 4.78 is 10.8. The van der Waals surface area contributed by atoms with Crippen LogP contribution in [0.1, 0.15) is 112 Å². The number of carbonyl (C=O) groups is 6. The Hall–Kier alpha value is -5.18. The highest BCUT2D eigenvalue weighted by atomic mass is 16.6. The van der Waals surface area contributed by atoms with E-state index in [1.807, 2.05) is 24.3 Å². The molecule has 0 heterocycles. The van der Waals surface area contributed by atoms with E-state index < -0.39 is 71.3 Å². The molecule has 0 fully saturated rings. The van der Waals surface area contributed by atoms with Crippen LogP contribution in [0.5, 0.6) is 0 Å². The Morgan fingerprint density at radius 3 is 1.83 bits per heavy atom. The molecule has 15 heteroatoms. The van der Waals surface area contributed by atoms with Crippen LogP contribution in [0.4, 0.5) is 9.59 Å². The van der Waals surface area contributed by atoms with Crippen LogP contribution in [0.25, 0.3) is 11.1 Å². The molecule has 4 atom stereocenters. The molecule has 2 aromatic carbocycles.